The molecule has 3 N–H and O–H groups in total. The molecule has 2 heterocycles. The third-order valence-corrected chi connectivity index (χ3v) is 2.93. The van der Waals surface area contributed by atoms with Gasteiger partial charge in [0.15, 0.2) is 11.6 Å². The van der Waals surface area contributed by atoms with Crippen LogP contribution in [0.25, 0.3) is 10.9 Å². The van der Waals surface area contributed by atoms with Gasteiger partial charge < -0.3 is 15.8 Å². The average Bonchev–Trinajstić information content (AvgIpc) is 2.48. The summed E-state index contributed by atoms with van der Waals surface area (Å²) in [5, 5.41) is 4.21. The molecule has 0 unspecified atom stereocenters. The summed E-state index contributed by atoms with van der Waals surface area (Å²) in [6.45, 7) is 0. The molecule has 0 aliphatic heterocycles. The third kappa shape index (κ3) is 2.07. The number of anilines is 3. The fourth-order valence-corrected chi connectivity index (χ4v) is 2.02. The van der Waals surface area contributed by atoms with Crippen LogP contribution in [0.2, 0.25) is 0 Å². The van der Waals surface area contributed by atoms with Crippen LogP contribution < -0.4 is 15.8 Å². The third-order valence-electron chi connectivity index (χ3n) is 2.93. The molecule has 0 radical (unpaired) electrons. The molecule has 3 aromatic rings. The van der Waals surface area contributed by atoms with E-state index in [0.717, 1.165) is 16.6 Å². The van der Waals surface area contributed by atoms with Crippen LogP contribution in [0.4, 0.5) is 17.3 Å². The van der Waals surface area contributed by atoms with Crippen LogP contribution >= 0.6 is 0 Å². The smallest absolute Gasteiger partial charge is 0.204 e. The van der Waals surface area contributed by atoms with Gasteiger partial charge in [0, 0.05) is 17.3 Å². The number of nitrogens with two attached hydrogens (primary N) is 1. The zero-order chi connectivity index (χ0) is 13.9. The summed E-state index contributed by atoms with van der Waals surface area (Å²) in [6, 6.07) is 9.70. The predicted octanol–water partition coefficient (Wildman–Crippen LogP) is 2.36. The van der Waals surface area contributed by atoms with Gasteiger partial charge >= 0.3 is 0 Å². The van der Waals surface area contributed by atoms with Crippen LogP contribution in [0.3, 0.4) is 0 Å². The molecule has 0 bridgehead atoms. The first-order valence-electron chi connectivity index (χ1n) is 6.05. The van der Waals surface area contributed by atoms with Crippen molar-refractivity contribution in [2.75, 3.05) is 18.2 Å². The first kappa shape index (κ1) is 12.2. The highest BCUT2D eigenvalue weighted by Crippen LogP contribution is 2.31. The average molecular weight is 267 g/mol. The molecule has 0 saturated carbocycles. The molecule has 6 nitrogen and oxygen atoms in total. The van der Waals surface area contributed by atoms with Crippen molar-refractivity contribution >= 4 is 28.2 Å². The molecule has 3 rings (SSSR count). The lowest BCUT2D eigenvalue weighted by Crippen LogP contribution is -2.03. The predicted molar refractivity (Wildman–Crippen MR) is 78.0 cm³/mol. The maximum Gasteiger partial charge on any atom is 0.204 e. The molecule has 0 atom stereocenters. The summed E-state index contributed by atoms with van der Waals surface area (Å²) >= 11 is 0. The van der Waals surface area contributed by atoms with Crippen molar-refractivity contribution < 1.29 is 4.74 Å². The van der Waals surface area contributed by atoms with Crippen LogP contribution in [-0.4, -0.2) is 22.1 Å². The van der Waals surface area contributed by atoms with E-state index in [4.69, 9.17) is 10.5 Å². The van der Waals surface area contributed by atoms with Crippen molar-refractivity contribution in [2.24, 2.45) is 0 Å². The Hall–Kier alpha value is -2.89. The fourth-order valence-electron chi connectivity index (χ4n) is 2.02. The minimum absolute atomic E-state index is 0.295. The zero-order valence-corrected chi connectivity index (χ0v) is 10.9. The van der Waals surface area contributed by atoms with Crippen LogP contribution in [0, 0.1) is 0 Å². The number of ether oxygens (including phenoxy) is 1. The summed E-state index contributed by atoms with van der Waals surface area (Å²) in [5.74, 6) is 1.24. The van der Waals surface area contributed by atoms with Crippen LogP contribution in [0.5, 0.6) is 5.75 Å². The minimum atomic E-state index is 0.295. The number of hydrogen-bond donors (Lipinski definition) is 2. The summed E-state index contributed by atoms with van der Waals surface area (Å²) in [6.07, 6.45) is 3.15. The Morgan fingerprint density at radius 2 is 2.00 bits per heavy atom. The van der Waals surface area contributed by atoms with E-state index >= 15 is 0 Å². The van der Waals surface area contributed by atoms with Gasteiger partial charge in [-0.3, -0.25) is 4.98 Å². The SMILES string of the molecule is COc1c(N)ncnc1Nc1cccc2ncccc12. The van der Waals surface area contributed by atoms with Crippen molar-refractivity contribution in [3.8, 4) is 5.75 Å². The van der Waals surface area contributed by atoms with Crippen LogP contribution in [-0.2, 0) is 0 Å². The van der Waals surface area contributed by atoms with Gasteiger partial charge in [0.25, 0.3) is 0 Å². The van der Waals surface area contributed by atoms with Crippen LogP contribution in [0.1, 0.15) is 0 Å². The van der Waals surface area contributed by atoms with Gasteiger partial charge in [0.2, 0.25) is 5.75 Å². The number of aromatic nitrogens is 3. The van der Waals surface area contributed by atoms with Crippen LogP contribution in [0.15, 0.2) is 42.9 Å². The Kier molecular flexibility index (Phi) is 3.04. The van der Waals surface area contributed by atoms with E-state index < -0.39 is 0 Å². The molecule has 0 fully saturated rings. The Morgan fingerprint density at radius 1 is 1.10 bits per heavy atom. The van der Waals surface area contributed by atoms with Crippen molar-refractivity contribution in [3.05, 3.63) is 42.9 Å². The number of nitrogens with one attached hydrogen (secondary N) is 1. The van der Waals surface area contributed by atoms with E-state index in [0.29, 0.717) is 17.4 Å². The summed E-state index contributed by atoms with van der Waals surface area (Å²) in [5.41, 5.74) is 7.55. The summed E-state index contributed by atoms with van der Waals surface area (Å²) < 4.78 is 5.23. The van der Waals surface area contributed by atoms with E-state index in [1.807, 2.05) is 30.3 Å². The molecule has 0 saturated heterocycles. The lowest BCUT2D eigenvalue weighted by atomic mass is 10.2. The highest BCUT2D eigenvalue weighted by atomic mass is 16.5. The van der Waals surface area contributed by atoms with E-state index in [1.54, 1.807) is 6.20 Å². The molecule has 0 amide bonds. The fraction of sp³-hybridized carbons (Fsp3) is 0.0714. The van der Waals surface area contributed by atoms with Gasteiger partial charge in [0.1, 0.15) is 6.33 Å². The molecule has 2 aromatic heterocycles. The molecular formula is C14H13N5O. The van der Waals surface area contributed by atoms with Gasteiger partial charge in [-0.1, -0.05) is 6.07 Å². The topological polar surface area (TPSA) is 86.0 Å². The van der Waals surface area contributed by atoms with E-state index in [9.17, 15) is 0 Å². The largest absolute Gasteiger partial charge is 0.490 e. The number of rotatable bonds is 3. The number of fused-ring (bicyclic) bond motifs is 1. The number of nitrogen functional groups attached to an aromatic ring is 1. The molecule has 0 aliphatic carbocycles. The van der Waals surface area contributed by atoms with Crippen molar-refractivity contribution in [2.45, 2.75) is 0 Å². The standard InChI is InChI=1S/C14H13N5O/c1-20-12-13(15)17-8-18-14(12)19-11-6-2-5-10-9(11)4-3-7-16-10/h2-8H,1H3,(H3,15,17,18,19). The van der Waals surface area contributed by atoms with Gasteiger partial charge in [-0.2, -0.15) is 0 Å². The zero-order valence-electron chi connectivity index (χ0n) is 10.9. The first-order chi connectivity index (χ1) is 9.79. The Morgan fingerprint density at radius 3 is 2.85 bits per heavy atom. The van der Waals surface area contributed by atoms with Gasteiger partial charge in [-0.25, -0.2) is 9.97 Å². The Labute approximate surface area is 115 Å². The van der Waals surface area contributed by atoms with Crippen molar-refractivity contribution in [3.63, 3.8) is 0 Å². The molecule has 0 aliphatic rings. The quantitative estimate of drug-likeness (QED) is 0.757. The lowest BCUT2D eigenvalue weighted by Gasteiger charge is -2.12. The van der Waals surface area contributed by atoms with E-state index in [2.05, 4.69) is 20.3 Å². The monoisotopic (exact) mass is 267 g/mol. The first-order valence-corrected chi connectivity index (χ1v) is 6.05. The number of hydrogen-bond acceptors (Lipinski definition) is 6. The van der Waals surface area contributed by atoms with Crippen molar-refractivity contribution in [1.29, 1.82) is 0 Å². The molecular weight excluding hydrogens is 254 g/mol. The summed E-state index contributed by atoms with van der Waals surface area (Å²) in [7, 11) is 1.53. The van der Waals surface area contributed by atoms with Gasteiger partial charge in [-0.15, -0.1) is 0 Å². The van der Waals surface area contributed by atoms with Gasteiger partial charge in [0.05, 0.1) is 12.6 Å². The molecule has 1 aromatic carbocycles. The molecule has 0 spiro atoms. The number of benzene rings is 1. The molecule has 6 heteroatoms. The highest BCUT2D eigenvalue weighted by molar-refractivity contribution is 5.93. The second-order valence-electron chi connectivity index (χ2n) is 4.14. The second-order valence-corrected chi connectivity index (χ2v) is 4.14. The normalized spacial score (nSPS) is 10.4. The van der Waals surface area contributed by atoms with E-state index in [-0.39, 0.29) is 0 Å². The maximum atomic E-state index is 5.77. The lowest BCUT2D eigenvalue weighted by molar-refractivity contribution is 0.415. The van der Waals surface area contributed by atoms with Crippen molar-refractivity contribution in [1.82, 2.24) is 15.0 Å². The van der Waals surface area contributed by atoms with E-state index in [1.165, 1.54) is 13.4 Å². The maximum absolute atomic E-state index is 5.77. The Bertz CT molecular complexity index is 754. The number of pyridine rings is 1. The second kappa shape index (κ2) is 5.00. The minimum Gasteiger partial charge on any atom is -0.490 e. The number of methoxy groups -OCH3 is 1. The highest BCUT2D eigenvalue weighted by Gasteiger charge is 2.11. The molecule has 20 heavy (non-hydrogen) atoms. The summed E-state index contributed by atoms with van der Waals surface area (Å²) in [4.78, 5) is 12.4. The number of nitrogens with zero attached hydrogens (tertiary/aromatic N) is 3. The van der Waals surface area contributed by atoms with Gasteiger partial charge in [-0.05, 0) is 24.3 Å². The molecule has 100 valence electrons. The Balaban J connectivity index is 2.08.